The van der Waals surface area contributed by atoms with Gasteiger partial charge >= 0.3 is 23.9 Å². The van der Waals surface area contributed by atoms with E-state index >= 15 is 0 Å². The summed E-state index contributed by atoms with van der Waals surface area (Å²) in [6.45, 7) is 9.21. The van der Waals surface area contributed by atoms with Crippen molar-refractivity contribution < 1.29 is 77.4 Å². The van der Waals surface area contributed by atoms with E-state index in [0.29, 0.717) is 19.3 Å². The molecule has 4 aliphatic carbocycles. The fraction of sp³-hybridized carbons (Fsp3) is 0.824. The number of carbonyl (C=O) groups is 4. The molecule has 5 aliphatic rings. The molecular formula is C34H48O16S-2. The monoisotopic (exact) mass is 744 g/mol. The van der Waals surface area contributed by atoms with Gasteiger partial charge in [0.05, 0.1) is 37.1 Å². The van der Waals surface area contributed by atoms with Gasteiger partial charge in [-0.1, -0.05) is 33.5 Å². The summed E-state index contributed by atoms with van der Waals surface area (Å²) in [5.74, 6) is -4.75. The third kappa shape index (κ3) is 8.26. The Kier molecular flexibility index (Phi) is 12.8. The highest BCUT2D eigenvalue weighted by molar-refractivity contribution is 7.89. The second-order valence-electron chi connectivity index (χ2n) is 15.4. The van der Waals surface area contributed by atoms with Crippen molar-refractivity contribution >= 4 is 36.2 Å². The molecule has 51 heavy (non-hydrogen) atoms. The first-order valence-electron chi connectivity index (χ1n) is 17.5. The first kappa shape index (κ1) is 39.8. The number of fused-ring (bicyclic) bond motifs is 3. The Morgan fingerprint density at radius 1 is 1.08 bits per heavy atom. The summed E-state index contributed by atoms with van der Waals surface area (Å²) in [6.07, 6.45) is -6.32. The van der Waals surface area contributed by atoms with Crippen molar-refractivity contribution in [1.29, 1.82) is 0 Å². The first-order valence-corrected chi connectivity index (χ1v) is 18.2. The molecule has 17 heteroatoms. The molecule has 0 radical (unpaired) electrons. The van der Waals surface area contributed by atoms with Crippen LogP contribution in [0.5, 0.6) is 0 Å². The molecular weight excluding hydrogens is 696 g/mol. The van der Waals surface area contributed by atoms with Crippen molar-refractivity contribution in [2.24, 2.45) is 40.4 Å². The third-order valence-corrected chi connectivity index (χ3v) is 12.4. The number of carbonyl (C=O) groups excluding carboxylic acids is 2. The van der Waals surface area contributed by atoms with Crippen molar-refractivity contribution in [1.82, 2.24) is 0 Å². The normalized spacial score (nSPS) is 40.3. The van der Waals surface area contributed by atoms with Gasteiger partial charge in [-0.2, -0.15) is 0 Å². The Balaban J connectivity index is 1.44. The highest BCUT2D eigenvalue weighted by Gasteiger charge is 2.67. The molecule has 0 amide bonds. The van der Waals surface area contributed by atoms with E-state index in [4.69, 9.17) is 28.2 Å². The Labute approximate surface area is 300 Å². The predicted molar refractivity (Wildman–Crippen MR) is 169 cm³/mol. The fourth-order valence-corrected chi connectivity index (χ4v) is 10.3. The van der Waals surface area contributed by atoms with Crippen LogP contribution in [0, 0.1) is 40.4 Å². The number of hydrogen-bond donors (Lipinski definition) is 3. The molecule has 1 aliphatic heterocycles. The van der Waals surface area contributed by atoms with Gasteiger partial charge < -0.3 is 44.6 Å². The molecule has 1 saturated heterocycles. The number of aliphatic hydroxyl groups is 1. The summed E-state index contributed by atoms with van der Waals surface area (Å²) < 4.78 is 33.1. The average Bonchev–Trinajstić information content (AvgIpc) is 3.23. The molecule has 5 rings (SSSR count). The molecule has 0 aromatic carbocycles. The minimum absolute atomic E-state index is 0.0127. The molecule has 13 atom stereocenters. The Morgan fingerprint density at radius 3 is 2.49 bits per heavy atom. The molecule has 0 aromatic rings. The molecule has 1 heterocycles. The summed E-state index contributed by atoms with van der Waals surface area (Å²) in [5.41, 5.74) is -0.154. The lowest BCUT2D eigenvalue weighted by Crippen LogP contribution is -2.66. The second-order valence-corrected chi connectivity index (χ2v) is 15.9. The van der Waals surface area contributed by atoms with E-state index < -0.39 is 103 Å². The minimum atomic E-state index is -1.91. The maximum Gasteiger partial charge on any atom is 0.306 e. The molecule has 4 saturated carbocycles. The van der Waals surface area contributed by atoms with Gasteiger partial charge in [-0.3, -0.25) is 28.4 Å². The molecule has 1 spiro atoms. The summed E-state index contributed by atoms with van der Waals surface area (Å²) in [6, 6.07) is 0. The largest absolute Gasteiger partial charge is 0.848 e. The van der Waals surface area contributed by atoms with E-state index in [1.54, 1.807) is 13.8 Å². The van der Waals surface area contributed by atoms with Gasteiger partial charge in [0.1, 0.15) is 12.7 Å². The summed E-state index contributed by atoms with van der Waals surface area (Å²) in [7, 11) is 0. The van der Waals surface area contributed by atoms with Crippen LogP contribution < -0.4 is 10.4 Å². The smallest absolute Gasteiger partial charge is 0.306 e. The van der Waals surface area contributed by atoms with E-state index in [0.717, 1.165) is 24.8 Å². The van der Waals surface area contributed by atoms with Crippen LogP contribution in [0.15, 0.2) is 12.2 Å². The van der Waals surface area contributed by atoms with Crippen molar-refractivity contribution in [2.45, 2.75) is 128 Å². The molecule has 0 aromatic heterocycles. The van der Waals surface area contributed by atoms with Crippen LogP contribution in [-0.2, 0) is 51.7 Å². The van der Waals surface area contributed by atoms with Crippen molar-refractivity contribution in [2.75, 3.05) is 6.61 Å². The second kappa shape index (κ2) is 16.3. The van der Waals surface area contributed by atoms with E-state index in [-0.39, 0.29) is 48.8 Å². The van der Waals surface area contributed by atoms with Gasteiger partial charge in [-0.05, 0) is 79.6 Å². The molecule has 8 unspecified atom stereocenters. The predicted octanol–water partition coefficient (Wildman–Crippen LogP) is 1.61. The Morgan fingerprint density at radius 2 is 1.82 bits per heavy atom. The van der Waals surface area contributed by atoms with Crippen LogP contribution in [-0.4, -0.2) is 88.7 Å². The molecule has 2 bridgehead atoms. The Bertz CT molecular complexity index is 1310. The average molecular weight is 745 g/mol. The minimum Gasteiger partial charge on any atom is -0.848 e. The van der Waals surface area contributed by atoms with Crippen LogP contribution in [0.3, 0.4) is 0 Å². The number of aliphatic hydroxyl groups excluding tert-OH is 1. The lowest BCUT2D eigenvalue weighted by Gasteiger charge is -2.62. The van der Waals surface area contributed by atoms with Crippen molar-refractivity contribution in [3.05, 3.63) is 12.2 Å². The summed E-state index contributed by atoms with van der Waals surface area (Å²) in [5, 5.41) is 58.5. The van der Waals surface area contributed by atoms with E-state index in [1.807, 2.05) is 0 Å². The third-order valence-electron chi connectivity index (χ3n) is 12.0. The lowest BCUT2D eigenvalue weighted by atomic mass is 9.43. The highest BCUT2D eigenvalue weighted by atomic mass is 32.2. The summed E-state index contributed by atoms with van der Waals surface area (Å²) >= 11 is 0.0127. The lowest BCUT2D eigenvalue weighted by molar-refractivity contribution is -0.777. The van der Waals surface area contributed by atoms with Gasteiger partial charge in [-0.15, -0.1) is 4.33 Å². The Hall–Kier alpha value is -2.35. The number of rotatable bonds is 15. The first-order chi connectivity index (χ1) is 24.1. The maximum absolute atomic E-state index is 13.7. The number of carboxylic acids is 2. The topological polar surface area (TPSA) is 240 Å². The molecule has 3 N–H and O–H groups in total. The number of ether oxygens (including phenoxy) is 4. The zero-order valence-electron chi connectivity index (χ0n) is 29.0. The van der Waals surface area contributed by atoms with E-state index in [9.17, 15) is 39.8 Å². The van der Waals surface area contributed by atoms with E-state index in [1.165, 1.54) is 0 Å². The van der Waals surface area contributed by atoms with Crippen LogP contribution >= 0.6 is 12.3 Å². The van der Waals surface area contributed by atoms with Crippen LogP contribution in [0.1, 0.15) is 85.0 Å². The van der Waals surface area contributed by atoms with Gasteiger partial charge in [0.25, 0.3) is 0 Å². The van der Waals surface area contributed by atoms with E-state index in [2.05, 4.69) is 22.9 Å². The number of esters is 2. The zero-order chi connectivity index (χ0) is 37.2. The van der Waals surface area contributed by atoms with Gasteiger partial charge in [0, 0.05) is 11.8 Å². The number of hydrogen-bond acceptors (Lipinski definition) is 15. The highest BCUT2D eigenvalue weighted by Crippen LogP contribution is 2.70. The zero-order valence-corrected chi connectivity index (χ0v) is 29.8. The standard InChI is InChI=1S/C34H49O16S/c1-16(2)11-26(38)47-29-28(48-51-50-49-43)27(39)22(15-44-25(37)8-7-24(35)36)46-32(29)45-19-12-20(31(41)42)21-9-10-34-13-18(17(3)30(34)40)5-6-23(34)33(21,4)14-19/h16,18-23,27-30,32,40,43H,3,5-15H2,1-2,4H3,(H,35,36)(H,41,42)/q-1/p-1/t18?,19?,20?,21?,22-,23?,27-,28-,29?,30+,32+,33?,34?/m1/s1. The van der Waals surface area contributed by atoms with Crippen LogP contribution in [0.2, 0.25) is 0 Å². The molecule has 5 fully saturated rings. The van der Waals surface area contributed by atoms with Crippen molar-refractivity contribution in [3.8, 4) is 0 Å². The molecule has 288 valence electrons. The van der Waals surface area contributed by atoms with Gasteiger partial charge in [0.15, 0.2) is 24.7 Å². The SMILES string of the molecule is C=C1C2CCC3C4(C)CC(O[C@H]5O[C@H](COC(=O)CCC(=O)O)[C@@H]([O-])[C@@H](OSOO[O-])C5OC(=O)CC(C)C)CC(C(=O)O)C4CCC3(C2)[C@H]1O. The quantitative estimate of drug-likeness (QED) is 0.0410. The fourth-order valence-electron chi connectivity index (χ4n) is 9.94. The number of carboxylic acid groups (broad SMARTS) is 2. The van der Waals surface area contributed by atoms with Crippen LogP contribution in [0.25, 0.3) is 0 Å². The van der Waals surface area contributed by atoms with Gasteiger partial charge in [-0.25, -0.2) is 0 Å². The number of aliphatic carboxylic acids is 2. The summed E-state index contributed by atoms with van der Waals surface area (Å²) in [4.78, 5) is 49.0. The van der Waals surface area contributed by atoms with Crippen molar-refractivity contribution in [3.63, 3.8) is 0 Å². The van der Waals surface area contributed by atoms with Gasteiger partial charge in [0.2, 0.25) is 0 Å². The van der Waals surface area contributed by atoms with Crippen LogP contribution in [0.4, 0.5) is 0 Å². The maximum atomic E-state index is 13.7. The molecule has 16 nitrogen and oxygen atoms in total.